The van der Waals surface area contributed by atoms with Crippen LogP contribution in [-0.2, 0) is 9.53 Å². The molecular formula is C14H19BrFNO3. The van der Waals surface area contributed by atoms with Crippen LogP contribution in [-0.4, -0.2) is 17.2 Å². The Bertz CT molecular complexity index is 524. The Hall–Kier alpha value is -1.30. The molecule has 0 saturated heterocycles. The zero-order valence-electron chi connectivity index (χ0n) is 12.2. The predicted octanol–water partition coefficient (Wildman–Crippen LogP) is 3.67. The lowest BCUT2D eigenvalue weighted by atomic mass is 10.1. The standard InChI is InChI=1S/C14H19BrFNO3/c1-13(2,3)20-12(18)14(4,5)19-11-6-8(15)9(16)7-10(11)17/h6-7H,17H2,1-5H3. The maximum atomic E-state index is 13.3. The number of ether oxygens (including phenoxy) is 2. The molecule has 0 spiro atoms. The fourth-order valence-corrected chi connectivity index (χ4v) is 1.67. The molecule has 1 aromatic carbocycles. The van der Waals surface area contributed by atoms with E-state index >= 15 is 0 Å². The normalized spacial score (nSPS) is 12.2. The first-order chi connectivity index (χ1) is 8.92. The minimum absolute atomic E-state index is 0.113. The maximum absolute atomic E-state index is 13.3. The molecule has 0 fully saturated rings. The monoisotopic (exact) mass is 347 g/mol. The Morgan fingerprint density at radius 1 is 1.25 bits per heavy atom. The number of hydrogen-bond acceptors (Lipinski definition) is 4. The van der Waals surface area contributed by atoms with Crippen molar-refractivity contribution in [3.63, 3.8) is 0 Å². The second-order valence-corrected chi connectivity index (χ2v) is 6.77. The molecule has 0 aliphatic carbocycles. The molecule has 0 saturated carbocycles. The van der Waals surface area contributed by atoms with Crippen molar-refractivity contribution in [1.29, 1.82) is 0 Å². The molecular weight excluding hydrogens is 329 g/mol. The summed E-state index contributed by atoms with van der Waals surface area (Å²) in [5, 5.41) is 0. The summed E-state index contributed by atoms with van der Waals surface area (Å²) in [6.45, 7) is 8.44. The average molecular weight is 348 g/mol. The van der Waals surface area contributed by atoms with Gasteiger partial charge in [-0.05, 0) is 56.6 Å². The summed E-state index contributed by atoms with van der Waals surface area (Å²) in [7, 11) is 0. The predicted molar refractivity (Wildman–Crippen MR) is 79.1 cm³/mol. The number of rotatable bonds is 3. The smallest absolute Gasteiger partial charge is 0.350 e. The van der Waals surface area contributed by atoms with Gasteiger partial charge in [0.15, 0.2) is 5.60 Å². The van der Waals surface area contributed by atoms with Crippen LogP contribution in [0.1, 0.15) is 34.6 Å². The third-order valence-electron chi connectivity index (χ3n) is 2.31. The highest BCUT2D eigenvalue weighted by Gasteiger charge is 2.35. The first kappa shape index (κ1) is 16.8. The van der Waals surface area contributed by atoms with E-state index in [1.54, 1.807) is 34.6 Å². The highest BCUT2D eigenvalue weighted by molar-refractivity contribution is 9.10. The maximum Gasteiger partial charge on any atom is 0.350 e. The SMILES string of the molecule is CC(C)(C)OC(=O)C(C)(C)Oc1cc(Br)c(F)cc1N. The van der Waals surface area contributed by atoms with Crippen LogP contribution in [0.5, 0.6) is 5.75 Å². The fraction of sp³-hybridized carbons (Fsp3) is 0.500. The van der Waals surface area contributed by atoms with E-state index in [2.05, 4.69) is 15.9 Å². The molecule has 0 heterocycles. The van der Waals surface area contributed by atoms with Crippen LogP contribution in [0, 0.1) is 5.82 Å². The summed E-state index contributed by atoms with van der Waals surface area (Å²) < 4.78 is 24.4. The Kier molecular flexibility index (Phi) is 4.69. The quantitative estimate of drug-likeness (QED) is 0.669. The van der Waals surface area contributed by atoms with Crippen molar-refractivity contribution in [1.82, 2.24) is 0 Å². The molecule has 20 heavy (non-hydrogen) atoms. The number of carbonyl (C=O) groups is 1. The molecule has 0 aliphatic rings. The zero-order chi connectivity index (χ0) is 15.7. The van der Waals surface area contributed by atoms with E-state index in [0.717, 1.165) is 6.07 Å². The van der Waals surface area contributed by atoms with Gasteiger partial charge in [-0.2, -0.15) is 0 Å². The van der Waals surface area contributed by atoms with Crippen molar-refractivity contribution in [3.05, 3.63) is 22.4 Å². The third kappa shape index (κ3) is 4.37. The average Bonchev–Trinajstić information content (AvgIpc) is 2.23. The van der Waals surface area contributed by atoms with Crippen LogP contribution in [0.15, 0.2) is 16.6 Å². The summed E-state index contributed by atoms with van der Waals surface area (Å²) in [4.78, 5) is 12.1. The van der Waals surface area contributed by atoms with Gasteiger partial charge in [-0.25, -0.2) is 9.18 Å². The van der Waals surface area contributed by atoms with Gasteiger partial charge in [0.25, 0.3) is 0 Å². The van der Waals surface area contributed by atoms with Crippen LogP contribution in [0.4, 0.5) is 10.1 Å². The van der Waals surface area contributed by atoms with E-state index < -0.39 is 23.0 Å². The van der Waals surface area contributed by atoms with Gasteiger partial charge in [0.1, 0.15) is 17.2 Å². The molecule has 0 aliphatic heterocycles. The summed E-state index contributed by atoms with van der Waals surface area (Å²) in [5.41, 5.74) is 3.94. The van der Waals surface area contributed by atoms with Crippen molar-refractivity contribution in [2.24, 2.45) is 0 Å². The highest BCUT2D eigenvalue weighted by Crippen LogP contribution is 2.32. The van der Waals surface area contributed by atoms with Gasteiger partial charge in [-0.3, -0.25) is 0 Å². The number of carbonyl (C=O) groups excluding carboxylic acids is 1. The van der Waals surface area contributed by atoms with Crippen molar-refractivity contribution >= 4 is 27.6 Å². The molecule has 0 radical (unpaired) electrons. The lowest BCUT2D eigenvalue weighted by Crippen LogP contribution is -2.43. The molecule has 0 bridgehead atoms. The number of nitrogen functional groups attached to an aromatic ring is 1. The topological polar surface area (TPSA) is 61.5 Å². The van der Waals surface area contributed by atoms with Gasteiger partial charge in [0.2, 0.25) is 0 Å². The van der Waals surface area contributed by atoms with Crippen molar-refractivity contribution in [3.8, 4) is 5.75 Å². The minimum Gasteiger partial charge on any atom is -0.474 e. The van der Waals surface area contributed by atoms with Gasteiger partial charge in [-0.1, -0.05) is 0 Å². The lowest BCUT2D eigenvalue weighted by Gasteiger charge is -2.29. The second kappa shape index (κ2) is 5.60. The van der Waals surface area contributed by atoms with Crippen molar-refractivity contribution in [2.45, 2.75) is 45.8 Å². The van der Waals surface area contributed by atoms with Gasteiger partial charge >= 0.3 is 5.97 Å². The minimum atomic E-state index is -1.24. The zero-order valence-corrected chi connectivity index (χ0v) is 13.8. The number of benzene rings is 1. The first-order valence-corrected chi connectivity index (χ1v) is 6.88. The van der Waals surface area contributed by atoms with E-state index in [0.29, 0.717) is 0 Å². The van der Waals surface area contributed by atoms with E-state index in [1.165, 1.54) is 6.07 Å². The molecule has 4 nitrogen and oxygen atoms in total. The van der Waals surface area contributed by atoms with Crippen molar-refractivity contribution in [2.75, 3.05) is 5.73 Å². The molecule has 0 amide bonds. The number of halogens is 2. The third-order valence-corrected chi connectivity index (χ3v) is 2.92. The summed E-state index contributed by atoms with van der Waals surface area (Å²) >= 11 is 3.05. The van der Waals surface area contributed by atoms with Gasteiger partial charge in [0.05, 0.1) is 10.2 Å². The fourth-order valence-electron chi connectivity index (χ4n) is 1.35. The molecule has 6 heteroatoms. The highest BCUT2D eigenvalue weighted by atomic mass is 79.9. The number of esters is 1. The van der Waals surface area contributed by atoms with Crippen LogP contribution >= 0.6 is 15.9 Å². The van der Waals surface area contributed by atoms with E-state index in [4.69, 9.17) is 15.2 Å². The Morgan fingerprint density at radius 2 is 1.80 bits per heavy atom. The molecule has 0 aromatic heterocycles. The molecule has 0 atom stereocenters. The van der Waals surface area contributed by atoms with E-state index in [1.807, 2.05) is 0 Å². The molecule has 112 valence electrons. The number of hydrogen-bond donors (Lipinski definition) is 1. The van der Waals surface area contributed by atoms with Gasteiger partial charge in [-0.15, -0.1) is 0 Å². The molecule has 2 N–H and O–H groups in total. The van der Waals surface area contributed by atoms with Crippen molar-refractivity contribution < 1.29 is 18.7 Å². The van der Waals surface area contributed by atoms with Crippen LogP contribution in [0.2, 0.25) is 0 Å². The largest absolute Gasteiger partial charge is 0.474 e. The molecule has 0 unspecified atom stereocenters. The second-order valence-electron chi connectivity index (χ2n) is 5.92. The number of anilines is 1. The van der Waals surface area contributed by atoms with Crippen LogP contribution in [0.25, 0.3) is 0 Å². The molecule has 1 aromatic rings. The van der Waals surface area contributed by atoms with Crippen LogP contribution < -0.4 is 10.5 Å². The molecule has 1 rings (SSSR count). The summed E-state index contributed by atoms with van der Waals surface area (Å²) in [6.07, 6.45) is 0. The van der Waals surface area contributed by atoms with E-state index in [-0.39, 0.29) is 15.9 Å². The lowest BCUT2D eigenvalue weighted by molar-refractivity contribution is -0.170. The van der Waals surface area contributed by atoms with E-state index in [9.17, 15) is 9.18 Å². The Labute approximate surface area is 126 Å². The Balaban J connectivity index is 2.96. The van der Waals surface area contributed by atoms with Crippen LogP contribution in [0.3, 0.4) is 0 Å². The van der Waals surface area contributed by atoms with Gasteiger partial charge in [0, 0.05) is 6.07 Å². The first-order valence-electron chi connectivity index (χ1n) is 6.09. The summed E-state index contributed by atoms with van der Waals surface area (Å²) in [5.74, 6) is -0.802. The van der Waals surface area contributed by atoms with Gasteiger partial charge < -0.3 is 15.2 Å². The number of nitrogens with two attached hydrogens (primary N) is 1. The summed E-state index contributed by atoms with van der Waals surface area (Å²) in [6, 6.07) is 2.52. The Morgan fingerprint density at radius 3 is 2.30 bits per heavy atom.